The van der Waals surface area contributed by atoms with Gasteiger partial charge >= 0.3 is 0 Å². The summed E-state index contributed by atoms with van der Waals surface area (Å²) in [7, 11) is 0. The van der Waals surface area contributed by atoms with Crippen molar-refractivity contribution >= 4 is 11.8 Å². The van der Waals surface area contributed by atoms with Crippen LogP contribution in [0.25, 0.3) is 0 Å². The fourth-order valence-corrected chi connectivity index (χ4v) is 1.83. The molecule has 0 radical (unpaired) electrons. The lowest BCUT2D eigenvalue weighted by Gasteiger charge is -2.20. The summed E-state index contributed by atoms with van der Waals surface area (Å²) in [5, 5.41) is 0. The monoisotopic (exact) mass is 158 g/mol. The molecular weight excluding hydrogens is 140 g/mol. The van der Waals surface area contributed by atoms with E-state index >= 15 is 0 Å². The molecule has 0 atom stereocenters. The Kier molecular flexibility index (Phi) is 4.11. The van der Waals surface area contributed by atoms with Crippen LogP contribution in [0.1, 0.15) is 34.1 Å². The molecule has 0 rings (SSSR count). The Balaban J connectivity index is 4.21. The average Bonchev–Trinajstić information content (AvgIpc) is 1.80. The number of hydrogen-bond donors (Lipinski definition) is 0. The minimum atomic E-state index is 0.343. The van der Waals surface area contributed by atoms with Gasteiger partial charge in [-0.2, -0.15) is 0 Å². The highest BCUT2D eigenvalue weighted by molar-refractivity contribution is 8.02. The number of rotatable bonds is 2. The molecule has 0 aliphatic carbocycles. The summed E-state index contributed by atoms with van der Waals surface area (Å²) >= 11 is 1.86. The zero-order valence-electron chi connectivity index (χ0n) is 7.69. The number of thioether (sulfide) groups is 1. The first kappa shape index (κ1) is 10.1. The molecule has 0 nitrogen and oxygen atoms in total. The van der Waals surface area contributed by atoms with Gasteiger partial charge in [-0.25, -0.2) is 0 Å². The minimum absolute atomic E-state index is 0.343. The Morgan fingerprint density at radius 2 is 1.90 bits per heavy atom. The van der Waals surface area contributed by atoms with Crippen molar-refractivity contribution in [2.75, 3.05) is 6.26 Å². The Morgan fingerprint density at radius 3 is 2.00 bits per heavy atom. The second-order valence-corrected chi connectivity index (χ2v) is 4.28. The van der Waals surface area contributed by atoms with Crippen LogP contribution >= 0.6 is 11.8 Å². The summed E-state index contributed by atoms with van der Waals surface area (Å²) in [6.07, 6.45) is 5.60. The molecule has 0 aliphatic rings. The van der Waals surface area contributed by atoms with E-state index < -0.39 is 0 Å². The maximum Gasteiger partial charge on any atom is -0.00753 e. The highest BCUT2D eigenvalue weighted by atomic mass is 32.2. The van der Waals surface area contributed by atoms with Crippen LogP contribution in [0.3, 0.4) is 0 Å². The average molecular weight is 158 g/mol. The summed E-state index contributed by atoms with van der Waals surface area (Å²) in [6, 6.07) is 0. The van der Waals surface area contributed by atoms with Crippen molar-refractivity contribution < 1.29 is 0 Å². The van der Waals surface area contributed by atoms with Crippen molar-refractivity contribution in [3.63, 3.8) is 0 Å². The van der Waals surface area contributed by atoms with Crippen LogP contribution in [-0.4, -0.2) is 6.26 Å². The highest BCUT2D eigenvalue weighted by Crippen LogP contribution is 2.32. The third kappa shape index (κ3) is 3.31. The normalized spacial score (nSPS) is 13.9. The van der Waals surface area contributed by atoms with Crippen molar-refractivity contribution in [2.24, 2.45) is 5.41 Å². The largest absolute Gasteiger partial charge is 0.134 e. The van der Waals surface area contributed by atoms with Crippen molar-refractivity contribution in [3.05, 3.63) is 11.0 Å². The summed E-state index contributed by atoms with van der Waals surface area (Å²) < 4.78 is 0. The molecule has 0 heterocycles. The van der Waals surface area contributed by atoms with Crippen LogP contribution in [0.5, 0.6) is 0 Å². The Morgan fingerprint density at radius 1 is 1.40 bits per heavy atom. The molecule has 0 saturated carbocycles. The van der Waals surface area contributed by atoms with Crippen molar-refractivity contribution in [2.45, 2.75) is 34.1 Å². The second-order valence-electron chi connectivity index (χ2n) is 3.43. The van der Waals surface area contributed by atoms with Crippen molar-refractivity contribution in [3.8, 4) is 0 Å². The molecule has 0 aromatic carbocycles. The van der Waals surface area contributed by atoms with Crippen molar-refractivity contribution in [1.29, 1.82) is 0 Å². The van der Waals surface area contributed by atoms with Gasteiger partial charge in [0, 0.05) is 0 Å². The maximum atomic E-state index is 2.31. The lowest BCUT2D eigenvalue weighted by Crippen LogP contribution is -2.05. The van der Waals surface area contributed by atoms with E-state index in [0.717, 1.165) is 6.42 Å². The molecular formula is C9H18S. The Bertz CT molecular complexity index is 117. The molecule has 0 aromatic rings. The van der Waals surface area contributed by atoms with Gasteiger partial charge in [0.05, 0.1) is 0 Å². The minimum Gasteiger partial charge on any atom is -0.134 e. The summed E-state index contributed by atoms with van der Waals surface area (Å²) in [6.45, 7) is 8.95. The first-order chi connectivity index (χ1) is 4.52. The second kappa shape index (κ2) is 4.07. The molecule has 10 heavy (non-hydrogen) atoms. The van der Waals surface area contributed by atoms with Gasteiger partial charge in [-0.1, -0.05) is 33.8 Å². The van der Waals surface area contributed by atoms with Gasteiger partial charge in [0.2, 0.25) is 0 Å². The maximum absolute atomic E-state index is 2.31. The molecule has 0 amide bonds. The third-order valence-electron chi connectivity index (χ3n) is 1.35. The number of hydrogen-bond acceptors (Lipinski definition) is 1. The molecule has 0 aromatic heterocycles. The first-order valence-corrected chi connectivity index (χ1v) is 4.99. The predicted molar refractivity (Wildman–Crippen MR) is 51.3 cm³/mol. The Hall–Kier alpha value is 0.0900. The molecule has 1 heteroatoms. The van der Waals surface area contributed by atoms with Crippen LogP contribution in [-0.2, 0) is 0 Å². The summed E-state index contributed by atoms with van der Waals surface area (Å²) in [5.74, 6) is 0. The SMILES string of the molecule is CC/C=C(\SC)C(C)(C)C. The molecule has 0 bridgehead atoms. The summed E-state index contributed by atoms with van der Waals surface area (Å²) in [5.41, 5.74) is 0.343. The van der Waals surface area contributed by atoms with E-state index in [1.807, 2.05) is 11.8 Å². The van der Waals surface area contributed by atoms with Gasteiger partial charge < -0.3 is 0 Å². The quantitative estimate of drug-likeness (QED) is 0.590. The number of allylic oxidation sites excluding steroid dienone is 2. The van der Waals surface area contributed by atoms with Gasteiger partial charge in [0.1, 0.15) is 0 Å². The zero-order chi connectivity index (χ0) is 8.20. The summed E-state index contributed by atoms with van der Waals surface area (Å²) in [4.78, 5) is 1.50. The third-order valence-corrected chi connectivity index (χ3v) is 2.57. The molecule has 0 aliphatic heterocycles. The van der Waals surface area contributed by atoms with E-state index in [9.17, 15) is 0 Å². The predicted octanol–water partition coefficient (Wildman–Crippen LogP) is 3.69. The van der Waals surface area contributed by atoms with E-state index in [1.165, 1.54) is 4.91 Å². The fourth-order valence-electron chi connectivity index (χ4n) is 0.881. The van der Waals surface area contributed by atoms with E-state index in [1.54, 1.807) is 0 Å². The lowest BCUT2D eigenvalue weighted by atomic mass is 9.95. The lowest BCUT2D eigenvalue weighted by molar-refractivity contribution is 0.531. The van der Waals surface area contributed by atoms with Crippen LogP contribution in [0.2, 0.25) is 0 Å². The van der Waals surface area contributed by atoms with E-state index in [0.29, 0.717) is 5.41 Å². The van der Waals surface area contributed by atoms with Gasteiger partial charge in [0.15, 0.2) is 0 Å². The molecule has 0 N–H and O–H groups in total. The fraction of sp³-hybridized carbons (Fsp3) is 0.778. The highest BCUT2D eigenvalue weighted by Gasteiger charge is 2.14. The molecule has 0 fully saturated rings. The van der Waals surface area contributed by atoms with Crippen LogP contribution in [0.15, 0.2) is 11.0 Å². The van der Waals surface area contributed by atoms with Gasteiger partial charge in [-0.3, -0.25) is 0 Å². The smallest absolute Gasteiger partial charge is 0.00753 e. The van der Waals surface area contributed by atoms with Gasteiger partial charge in [-0.15, -0.1) is 11.8 Å². The first-order valence-electron chi connectivity index (χ1n) is 3.77. The molecule has 0 saturated heterocycles. The van der Waals surface area contributed by atoms with Crippen LogP contribution in [0, 0.1) is 5.41 Å². The van der Waals surface area contributed by atoms with E-state index in [-0.39, 0.29) is 0 Å². The molecule has 60 valence electrons. The van der Waals surface area contributed by atoms with Crippen LogP contribution in [0.4, 0.5) is 0 Å². The van der Waals surface area contributed by atoms with Crippen molar-refractivity contribution in [1.82, 2.24) is 0 Å². The van der Waals surface area contributed by atoms with Gasteiger partial charge in [0.25, 0.3) is 0 Å². The van der Waals surface area contributed by atoms with E-state index in [2.05, 4.69) is 40.0 Å². The molecule has 0 spiro atoms. The topological polar surface area (TPSA) is 0 Å². The molecule has 0 unspecified atom stereocenters. The van der Waals surface area contributed by atoms with Crippen LogP contribution < -0.4 is 0 Å². The standard InChI is InChI=1S/C9H18S/c1-6-7-8(10-5)9(2,3)4/h7H,6H2,1-5H3/b8-7-. The van der Waals surface area contributed by atoms with E-state index in [4.69, 9.17) is 0 Å². The Labute approximate surface area is 69.1 Å². The zero-order valence-corrected chi connectivity index (χ0v) is 8.51. The van der Waals surface area contributed by atoms with Gasteiger partial charge in [-0.05, 0) is 23.0 Å².